The standard InChI is InChI=1S/C22H26FN3O/c23-20-8-4-6-18(14-20)21-15-24-9-12-26(21)22(27)19-7-3-5-17(13-19)16-25-10-1-2-11-25/h3-8,13-14,21,24H,1-2,9-12,15-16H2. The quantitative estimate of drug-likeness (QED) is 0.901. The molecule has 2 aromatic rings. The van der Waals surface area contributed by atoms with Crippen LogP contribution in [0.1, 0.15) is 40.4 Å². The van der Waals surface area contributed by atoms with E-state index in [1.54, 1.807) is 6.07 Å². The molecule has 0 saturated carbocycles. The van der Waals surface area contributed by atoms with Gasteiger partial charge in [0.25, 0.3) is 5.91 Å². The molecule has 0 aliphatic carbocycles. The van der Waals surface area contributed by atoms with E-state index in [1.807, 2.05) is 29.2 Å². The molecule has 27 heavy (non-hydrogen) atoms. The summed E-state index contributed by atoms with van der Waals surface area (Å²) in [5.41, 5.74) is 2.74. The van der Waals surface area contributed by atoms with Crippen molar-refractivity contribution in [2.75, 3.05) is 32.7 Å². The second-order valence-electron chi connectivity index (χ2n) is 7.46. The van der Waals surface area contributed by atoms with E-state index in [-0.39, 0.29) is 17.8 Å². The average molecular weight is 367 g/mol. The van der Waals surface area contributed by atoms with Gasteiger partial charge in [-0.3, -0.25) is 9.69 Å². The molecule has 2 saturated heterocycles. The molecule has 0 aromatic heterocycles. The summed E-state index contributed by atoms with van der Waals surface area (Å²) in [4.78, 5) is 17.6. The highest BCUT2D eigenvalue weighted by Gasteiger charge is 2.29. The first-order valence-electron chi connectivity index (χ1n) is 9.79. The summed E-state index contributed by atoms with van der Waals surface area (Å²) in [5.74, 6) is -0.243. The lowest BCUT2D eigenvalue weighted by atomic mass is 10.0. The highest BCUT2D eigenvalue weighted by molar-refractivity contribution is 5.94. The average Bonchev–Trinajstić information content (AvgIpc) is 3.21. The van der Waals surface area contributed by atoms with E-state index in [4.69, 9.17) is 0 Å². The van der Waals surface area contributed by atoms with Crippen LogP contribution >= 0.6 is 0 Å². The third-order valence-corrected chi connectivity index (χ3v) is 5.52. The Kier molecular flexibility index (Phi) is 5.50. The molecular formula is C22H26FN3O. The van der Waals surface area contributed by atoms with Gasteiger partial charge in [0.2, 0.25) is 0 Å². The summed E-state index contributed by atoms with van der Waals surface area (Å²) in [7, 11) is 0. The molecule has 2 heterocycles. The molecular weight excluding hydrogens is 341 g/mol. The van der Waals surface area contributed by atoms with Crippen molar-refractivity contribution in [3.8, 4) is 0 Å². The van der Waals surface area contributed by atoms with Crippen LogP contribution in [-0.4, -0.2) is 48.4 Å². The van der Waals surface area contributed by atoms with E-state index < -0.39 is 0 Å². The molecule has 1 unspecified atom stereocenters. The van der Waals surface area contributed by atoms with Gasteiger partial charge in [-0.05, 0) is 61.3 Å². The molecule has 1 atom stereocenters. The maximum Gasteiger partial charge on any atom is 0.254 e. The number of likely N-dealkylation sites (tertiary alicyclic amines) is 1. The number of rotatable bonds is 4. The van der Waals surface area contributed by atoms with E-state index in [2.05, 4.69) is 16.3 Å². The summed E-state index contributed by atoms with van der Waals surface area (Å²) in [6.45, 7) is 5.19. The third-order valence-electron chi connectivity index (χ3n) is 5.52. The van der Waals surface area contributed by atoms with Gasteiger partial charge in [0, 0.05) is 31.7 Å². The van der Waals surface area contributed by atoms with Crippen LogP contribution in [0.3, 0.4) is 0 Å². The number of carbonyl (C=O) groups is 1. The summed E-state index contributed by atoms with van der Waals surface area (Å²) in [6.07, 6.45) is 2.52. The molecule has 2 aromatic carbocycles. The van der Waals surface area contributed by atoms with Gasteiger partial charge in [0.15, 0.2) is 0 Å². The van der Waals surface area contributed by atoms with Crippen LogP contribution < -0.4 is 5.32 Å². The summed E-state index contributed by atoms with van der Waals surface area (Å²) >= 11 is 0. The van der Waals surface area contributed by atoms with Crippen molar-refractivity contribution in [3.63, 3.8) is 0 Å². The van der Waals surface area contributed by atoms with Crippen LogP contribution in [-0.2, 0) is 6.54 Å². The molecule has 1 N–H and O–H groups in total. The Morgan fingerprint density at radius 2 is 1.89 bits per heavy atom. The summed E-state index contributed by atoms with van der Waals surface area (Å²) in [5, 5.41) is 3.33. The molecule has 5 heteroatoms. The smallest absolute Gasteiger partial charge is 0.254 e. The molecule has 2 aliphatic heterocycles. The predicted octanol–water partition coefficient (Wildman–Crippen LogP) is 3.21. The second kappa shape index (κ2) is 8.19. The van der Waals surface area contributed by atoms with Gasteiger partial charge in [-0.2, -0.15) is 0 Å². The van der Waals surface area contributed by atoms with E-state index in [1.165, 1.54) is 30.5 Å². The fourth-order valence-electron chi connectivity index (χ4n) is 4.13. The molecule has 4 rings (SSSR count). The van der Waals surface area contributed by atoms with Crippen molar-refractivity contribution in [2.45, 2.75) is 25.4 Å². The Morgan fingerprint density at radius 3 is 2.70 bits per heavy atom. The zero-order valence-electron chi connectivity index (χ0n) is 15.5. The van der Waals surface area contributed by atoms with Crippen molar-refractivity contribution < 1.29 is 9.18 Å². The maximum atomic E-state index is 13.7. The molecule has 1 amide bonds. The van der Waals surface area contributed by atoms with Gasteiger partial charge in [0.05, 0.1) is 6.04 Å². The monoisotopic (exact) mass is 367 g/mol. The SMILES string of the molecule is O=C(c1cccc(CN2CCCC2)c1)N1CCNCC1c1cccc(F)c1. The lowest BCUT2D eigenvalue weighted by molar-refractivity contribution is 0.0633. The Labute approximate surface area is 160 Å². The number of hydrogen-bond donors (Lipinski definition) is 1. The normalized spacial score (nSPS) is 20.8. The van der Waals surface area contributed by atoms with E-state index in [0.29, 0.717) is 13.1 Å². The number of nitrogens with zero attached hydrogens (tertiary/aromatic N) is 2. The van der Waals surface area contributed by atoms with Crippen molar-refractivity contribution in [3.05, 3.63) is 71.0 Å². The van der Waals surface area contributed by atoms with Gasteiger partial charge >= 0.3 is 0 Å². The summed E-state index contributed by atoms with van der Waals surface area (Å²) < 4.78 is 13.7. The molecule has 2 aliphatic rings. The van der Waals surface area contributed by atoms with Gasteiger partial charge < -0.3 is 10.2 Å². The number of carbonyl (C=O) groups excluding carboxylic acids is 1. The number of benzene rings is 2. The van der Waals surface area contributed by atoms with Gasteiger partial charge in [-0.25, -0.2) is 4.39 Å². The number of hydrogen-bond acceptors (Lipinski definition) is 3. The van der Waals surface area contributed by atoms with Crippen LogP contribution in [0.2, 0.25) is 0 Å². The first-order valence-corrected chi connectivity index (χ1v) is 9.79. The van der Waals surface area contributed by atoms with Crippen LogP contribution in [0.25, 0.3) is 0 Å². The van der Waals surface area contributed by atoms with Crippen LogP contribution in [0.5, 0.6) is 0 Å². The van der Waals surface area contributed by atoms with Crippen LogP contribution in [0.4, 0.5) is 4.39 Å². The lowest BCUT2D eigenvalue weighted by Crippen LogP contribution is -2.48. The Morgan fingerprint density at radius 1 is 1.07 bits per heavy atom. The number of nitrogens with one attached hydrogen (secondary N) is 1. The fourth-order valence-corrected chi connectivity index (χ4v) is 4.13. The first kappa shape index (κ1) is 18.1. The fraction of sp³-hybridized carbons (Fsp3) is 0.409. The topological polar surface area (TPSA) is 35.6 Å². The molecule has 0 bridgehead atoms. The zero-order chi connectivity index (χ0) is 18.6. The van der Waals surface area contributed by atoms with E-state index in [0.717, 1.165) is 37.3 Å². The van der Waals surface area contributed by atoms with Crippen molar-refractivity contribution in [1.82, 2.24) is 15.1 Å². The zero-order valence-corrected chi connectivity index (χ0v) is 15.5. The Bertz CT molecular complexity index is 804. The van der Waals surface area contributed by atoms with Crippen molar-refractivity contribution in [2.24, 2.45) is 0 Å². The largest absolute Gasteiger partial charge is 0.329 e. The number of halogens is 1. The lowest BCUT2D eigenvalue weighted by Gasteiger charge is -2.36. The van der Waals surface area contributed by atoms with Crippen molar-refractivity contribution in [1.29, 1.82) is 0 Å². The molecule has 142 valence electrons. The number of amides is 1. The highest BCUT2D eigenvalue weighted by atomic mass is 19.1. The third kappa shape index (κ3) is 4.20. The first-order chi connectivity index (χ1) is 13.2. The second-order valence-corrected chi connectivity index (χ2v) is 7.46. The van der Waals surface area contributed by atoms with Crippen molar-refractivity contribution >= 4 is 5.91 Å². The minimum absolute atomic E-state index is 0.0223. The number of piperazine rings is 1. The van der Waals surface area contributed by atoms with Gasteiger partial charge in [-0.1, -0.05) is 24.3 Å². The highest BCUT2D eigenvalue weighted by Crippen LogP contribution is 2.25. The molecule has 0 spiro atoms. The van der Waals surface area contributed by atoms with Crippen LogP contribution in [0, 0.1) is 5.82 Å². The van der Waals surface area contributed by atoms with E-state index in [9.17, 15) is 9.18 Å². The maximum absolute atomic E-state index is 13.7. The minimum Gasteiger partial charge on any atom is -0.329 e. The molecule has 4 nitrogen and oxygen atoms in total. The minimum atomic E-state index is -0.266. The Balaban J connectivity index is 1.54. The van der Waals surface area contributed by atoms with Gasteiger partial charge in [0.1, 0.15) is 5.82 Å². The van der Waals surface area contributed by atoms with Gasteiger partial charge in [-0.15, -0.1) is 0 Å². The predicted molar refractivity (Wildman–Crippen MR) is 104 cm³/mol. The molecule has 0 radical (unpaired) electrons. The van der Waals surface area contributed by atoms with Crippen LogP contribution in [0.15, 0.2) is 48.5 Å². The summed E-state index contributed by atoms with van der Waals surface area (Å²) in [6, 6.07) is 14.4. The van der Waals surface area contributed by atoms with E-state index >= 15 is 0 Å². The Hall–Kier alpha value is -2.24. The molecule has 2 fully saturated rings.